The molecular formula is C12H17BrClNO2. The summed E-state index contributed by atoms with van der Waals surface area (Å²) in [6.45, 7) is 4.15. The molecule has 0 aliphatic heterocycles. The Balaban J connectivity index is 2.26. The van der Waals surface area contributed by atoms with Gasteiger partial charge in [0.2, 0.25) is 0 Å². The number of rotatable bonds is 7. The minimum atomic E-state index is 0.331. The van der Waals surface area contributed by atoms with E-state index in [-0.39, 0.29) is 0 Å². The van der Waals surface area contributed by atoms with E-state index in [9.17, 15) is 0 Å². The Bertz CT molecular complexity index is 349. The van der Waals surface area contributed by atoms with Crippen LogP contribution in [-0.4, -0.2) is 32.9 Å². The van der Waals surface area contributed by atoms with Crippen LogP contribution in [0.2, 0.25) is 5.02 Å². The highest BCUT2D eigenvalue weighted by Crippen LogP contribution is 2.27. The van der Waals surface area contributed by atoms with Gasteiger partial charge in [0.25, 0.3) is 0 Å². The molecule has 0 heterocycles. The number of halogens is 2. The molecule has 96 valence electrons. The molecular weight excluding hydrogens is 305 g/mol. The van der Waals surface area contributed by atoms with Crippen molar-refractivity contribution in [2.45, 2.75) is 13.0 Å². The van der Waals surface area contributed by atoms with Gasteiger partial charge < -0.3 is 14.8 Å². The smallest absolute Gasteiger partial charge is 0.133 e. The predicted octanol–water partition coefficient (Wildman–Crippen LogP) is 3.11. The molecule has 0 radical (unpaired) electrons. The molecule has 0 bridgehead atoms. The van der Waals surface area contributed by atoms with Crippen molar-refractivity contribution in [1.29, 1.82) is 0 Å². The number of hydrogen-bond donors (Lipinski definition) is 1. The van der Waals surface area contributed by atoms with Gasteiger partial charge in [-0.1, -0.05) is 11.6 Å². The zero-order valence-corrected chi connectivity index (χ0v) is 12.3. The van der Waals surface area contributed by atoms with Crippen molar-refractivity contribution in [2.75, 3.05) is 26.9 Å². The first kappa shape index (κ1) is 14.8. The van der Waals surface area contributed by atoms with E-state index in [4.69, 9.17) is 21.1 Å². The van der Waals surface area contributed by atoms with Gasteiger partial charge in [-0.05, 0) is 41.1 Å². The third-order valence-electron chi connectivity index (χ3n) is 2.16. The highest BCUT2D eigenvalue weighted by Gasteiger charge is 2.03. The van der Waals surface area contributed by atoms with Gasteiger partial charge in [-0.2, -0.15) is 0 Å². The van der Waals surface area contributed by atoms with Crippen LogP contribution in [0.1, 0.15) is 6.92 Å². The topological polar surface area (TPSA) is 30.5 Å². The summed E-state index contributed by atoms with van der Waals surface area (Å²) in [7, 11) is 1.69. The van der Waals surface area contributed by atoms with Gasteiger partial charge in [0.15, 0.2) is 0 Å². The summed E-state index contributed by atoms with van der Waals surface area (Å²) in [5.74, 6) is 0.801. The highest BCUT2D eigenvalue weighted by molar-refractivity contribution is 9.10. The molecule has 0 amide bonds. The molecule has 1 atom stereocenters. The van der Waals surface area contributed by atoms with E-state index in [1.54, 1.807) is 7.11 Å². The molecule has 0 aromatic heterocycles. The summed E-state index contributed by atoms with van der Waals surface area (Å²) in [4.78, 5) is 0. The van der Waals surface area contributed by atoms with Crippen LogP contribution >= 0.6 is 27.5 Å². The van der Waals surface area contributed by atoms with Gasteiger partial charge in [-0.25, -0.2) is 0 Å². The lowest BCUT2D eigenvalue weighted by Gasteiger charge is -2.13. The minimum Gasteiger partial charge on any atom is -0.491 e. The van der Waals surface area contributed by atoms with E-state index < -0.39 is 0 Å². The quantitative estimate of drug-likeness (QED) is 0.783. The van der Waals surface area contributed by atoms with Crippen LogP contribution in [0, 0.1) is 0 Å². The molecule has 1 rings (SSSR count). The fourth-order valence-electron chi connectivity index (χ4n) is 1.37. The third kappa shape index (κ3) is 5.73. The Hall–Kier alpha value is -0.290. The van der Waals surface area contributed by atoms with Crippen LogP contribution in [0.5, 0.6) is 5.75 Å². The van der Waals surface area contributed by atoms with E-state index in [0.717, 1.165) is 16.8 Å². The largest absolute Gasteiger partial charge is 0.491 e. The normalized spacial score (nSPS) is 12.5. The average molecular weight is 323 g/mol. The van der Waals surface area contributed by atoms with E-state index in [1.165, 1.54) is 0 Å². The van der Waals surface area contributed by atoms with Crippen LogP contribution < -0.4 is 10.1 Å². The Labute approximate surface area is 116 Å². The summed E-state index contributed by atoms with van der Waals surface area (Å²) >= 11 is 9.25. The number of hydrogen-bond acceptors (Lipinski definition) is 3. The van der Waals surface area contributed by atoms with Gasteiger partial charge in [0.1, 0.15) is 12.4 Å². The van der Waals surface area contributed by atoms with Gasteiger partial charge in [-0.15, -0.1) is 0 Å². The second-order valence-corrected chi connectivity index (χ2v) is 5.02. The van der Waals surface area contributed by atoms with E-state index >= 15 is 0 Å². The van der Waals surface area contributed by atoms with E-state index in [1.807, 2.05) is 18.2 Å². The zero-order valence-electron chi connectivity index (χ0n) is 10.0. The van der Waals surface area contributed by atoms with Gasteiger partial charge >= 0.3 is 0 Å². The second-order valence-electron chi connectivity index (χ2n) is 3.73. The standard InChI is InChI=1S/C12H17BrClNO2/c1-9(8-16-2)15-5-6-17-12-4-3-10(14)7-11(12)13/h3-4,7,9,15H,5-6,8H2,1-2H3. The molecule has 0 saturated heterocycles. The molecule has 1 aromatic carbocycles. The van der Waals surface area contributed by atoms with Crippen molar-refractivity contribution >= 4 is 27.5 Å². The van der Waals surface area contributed by atoms with E-state index in [2.05, 4.69) is 28.2 Å². The SMILES string of the molecule is COCC(C)NCCOc1ccc(Cl)cc1Br. The molecule has 1 aromatic rings. The van der Waals surface area contributed by atoms with Gasteiger partial charge in [0, 0.05) is 24.7 Å². The maximum atomic E-state index is 5.84. The number of ether oxygens (including phenoxy) is 2. The summed E-state index contributed by atoms with van der Waals surface area (Å²) in [6.07, 6.45) is 0. The van der Waals surface area contributed by atoms with Crippen LogP contribution in [0.3, 0.4) is 0 Å². The van der Waals surface area contributed by atoms with Crippen molar-refractivity contribution in [2.24, 2.45) is 0 Å². The highest BCUT2D eigenvalue weighted by atomic mass is 79.9. The lowest BCUT2D eigenvalue weighted by atomic mass is 10.3. The van der Waals surface area contributed by atoms with Crippen LogP contribution in [0.15, 0.2) is 22.7 Å². The Kier molecular flexibility index (Phi) is 6.89. The van der Waals surface area contributed by atoms with E-state index in [0.29, 0.717) is 24.3 Å². The first-order valence-corrected chi connectivity index (χ1v) is 6.60. The van der Waals surface area contributed by atoms with Crippen LogP contribution in [0.25, 0.3) is 0 Å². The minimum absolute atomic E-state index is 0.331. The summed E-state index contributed by atoms with van der Waals surface area (Å²) in [5, 5.41) is 3.98. The van der Waals surface area contributed by atoms with Crippen molar-refractivity contribution in [3.8, 4) is 5.75 Å². The molecule has 5 heteroatoms. The Morgan fingerprint density at radius 1 is 1.47 bits per heavy atom. The molecule has 1 N–H and O–H groups in total. The van der Waals surface area contributed by atoms with Crippen molar-refractivity contribution in [3.63, 3.8) is 0 Å². The predicted molar refractivity (Wildman–Crippen MR) is 74.0 cm³/mol. The summed E-state index contributed by atoms with van der Waals surface area (Å²) in [6, 6.07) is 5.81. The van der Waals surface area contributed by atoms with Crippen LogP contribution in [-0.2, 0) is 4.74 Å². The maximum Gasteiger partial charge on any atom is 0.133 e. The van der Waals surface area contributed by atoms with Crippen molar-refractivity contribution < 1.29 is 9.47 Å². The molecule has 0 spiro atoms. The second kappa shape index (κ2) is 7.93. The molecule has 0 saturated carbocycles. The number of benzene rings is 1. The van der Waals surface area contributed by atoms with Gasteiger partial charge in [-0.3, -0.25) is 0 Å². The molecule has 0 aliphatic carbocycles. The Morgan fingerprint density at radius 3 is 2.88 bits per heavy atom. The lowest BCUT2D eigenvalue weighted by molar-refractivity contribution is 0.169. The van der Waals surface area contributed by atoms with Crippen molar-refractivity contribution in [1.82, 2.24) is 5.32 Å². The maximum absolute atomic E-state index is 5.84. The molecule has 0 aliphatic rings. The average Bonchev–Trinajstić information content (AvgIpc) is 2.27. The molecule has 3 nitrogen and oxygen atoms in total. The number of methoxy groups -OCH3 is 1. The molecule has 17 heavy (non-hydrogen) atoms. The summed E-state index contributed by atoms with van der Waals surface area (Å²) in [5.41, 5.74) is 0. The Morgan fingerprint density at radius 2 is 2.24 bits per heavy atom. The molecule has 0 fully saturated rings. The fourth-order valence-corrected chi connectivity index (χ4v) is 2.16. The number of nitrogens with one attached hydrogen (secondary N) is 1. The van der Waals surface area contributed by atoms with Crippen LogP contribution in [0.4, 0.5) is 0 Å². The van der Waals surface area contributed by atoms with Gasteiger partial charge in [0.05, 0.1) is 11.1 Å². The molecule has 1 unspecified atom stereocenters. The first-order valence-electron chi connectivity index (χ1n) is 5.43. The first-order chi connectivity index (χ1) is 8.13. The monoisotopic (exact) mass is 321 g/mol. The lowest BCUT2D eigenvalue weighted by Crippen LogP contribution is -2.33. The third-order valence-corrected chi connectivity index (χ3v) is 3.02. The summed E-state index contributed by atoms with van der Waals surface area (Å²) < 4.78 is 11.5. The zero-order chi connectivity index (χ0) is 12.7. The van der Waals surface area contributed by atoms with Crippen molar-refractivity contribution in [3.05, 3.63) is 27.7 Å². The fraction of sp³-hybridized carbons (Fsp3) is 0.500.